The van der Waals surface area contributed by atoms with E-state index in [0.29, 0.717) is 0 Å². The monoisotopic (exact) mass is 523 g/mol. The Labute approximate surface area is 240 Å². The number of hydrogen-bond donors (Lipinski definition) is 0. The first-order valence-electron chi connectivity index (χ1n) is 14.4. The number of aromatic nitrogens is 1. The van der Waals surface area contributed by atoms with E-state index >= 15 is 0 Å². The Kier molecular flexibility index (Phi) is 5.40. The van der Waals surface area contributed by atoms with Crippen LogP contribution in [0.25, 0.3) is 65.6 Å². The second-order valence-electron chi connectivity index (χ2n) is 11.4. The summed E-state index contributed by atoms with van der Waals surface area (Å²) in [6, 6.07) is 44.1. The fourth-order valence-corrected chi connectivity index (χ4v) is 6.65. The zero-order chi connectivity index (χ0) is 27.4. The quantitative estimate of drug-likeness (QED) is 0.210. The van der Waals surface area contributed by atoms with Crippen molar-refractivity contribution in [2.24, 2.45) is 0 Å². The van der Waals surface area contributed by atoms with Gasteiger partial charge in [0.25, 0.3) is 0 Å². The molecule has 1 heterocycles. The molecule has 1 nitrogen and oxygen atoms in total. The van der Waals surface area contributed by atoms with Gasteiger partial charge in [-0.3, -0.25) is 0 Å². The SMILES string of the molecule is CC1(c2cc(-c3ccc(-c4cc5ccccc5c5ccccc45)cc3)nc3ccc4ccccc4c23)C=CC=CC1. The molecule has 0 radical (unpaired) electrons. The number of pyridine rings is 1. The Bertz CT molecular complexity index is 2180. The predicted octanol–water partition coefficient (Wildman–Crippen LogP) is 10.8. The summed E-state index contributed by atoms with van der Waals surface area (Å²) in [6.07, 6.45) is 9.93. The van der Waals surface area contributed by atoms with E-state index in [2.05, 4.69) is 153 Å². The minimum Gasteiger partial charge on any atom is -0.248 e. The maximum absolute atomic E-state index is 5.23. The van der Waals surface area contributed by atoms with Crippen LogP contribution in [0.5, 0.6) is 0 Å². The molecule has 0 N–H and O–H groups in total. The first kappa shape index (κ1) is 23.8. The van der Waals surface area contributed by atoms with Crippen LogP contribution in [-0.4, -0.2) is 4.98 Å². The predicted molar refractivity (Wildman–Crippen MR) is 175 cm³/mol. The molecule has 0 saturated heterocycles. The van der Waals surface area contributed by atoms with Crippen LogP contribution >= 0.6 is 0 Å². The van der Waals surface area contributed by atoms with E-state index in [1.807, 2.05) is 0 Å². The molecular weight excluding hydrogens is 494 g/mol. The lowest BCUT2D eigenvalue weighted by Crippen LogP contribution is -2.20. The van der Waals surface area contributed by atoms with Gasteiger partial charge in [-0.15, -0.1) is 0 Å². The summed E-state index contributed by atoms with van der Waals surface area (Å²) in [6.45, 7) is 2.35. The average molecular weight is 524 g/mol. The first-order valence-corrected chi connectivity index (χ1v) is 14.4. The summed E-state index contributed by atoms with van der Waals surface area (Å²) in [5.74, 6) is 0. The van der Waals surface area contributed by atoms with Crippen LogP contribution in [0.4, 0.5) is 0 Å². The van der Waals surface area contributed by atoms with Crippen molar-refractivity contribution in [1.29, 1.82) is 0 Å². The van der Waals surface area contributed by atoms with E-state index in [1.54, 1.807) is 0 Å². The summed E-state index contributed by atoms with van der Waals surface area (Å²) >= 11 is 0. The minimum atomic E-state index is -0.0984. The molecule has 0 amide bonds. The van der Waals surface area contributed by atoms with Gasteiger partial charge in [0.2, 0.25) is 0 Å². The molecule has 0 fully saturated rings. The van der Waals surface area contributed by atoms with Gasteiger partial charge in [-0.25, -0.2) is 4.98 Å². The Morgan fingerprint density at radius 3 is 2.05 bits per heavy atom. The molecule has 1 aliphatic carbocycles. The maximum Gasteiger partial charge on any atom is 0.0719 e. The molecule has 1 aliphatic rings. The van der Waals surface area contributed by atoms with E-state index in [1.165, 1.54) is 54.4 Å². The second kappa shape index (κ2) is 9.28. The van der Waals surface area contributed by atoms with Gasteiger partial charge in [0, 0.05) is 16.4 Å². The van der Waals surface area contributed by atoms with Crippen molar-refractivity contribution >= 4 is 43.2 Å². The van der Waals surface area contributed by atoms with E-state index < -0.39 is 0 Å². The van der Waals surface area contributed by atoms with Gasteiger partial charge >= 0.3 is 0 Å². The number of benzene rings is 6. The van der Waals surface area contributed by atoms with Crippen molar-refractivity contribution in [2.45, 2.75) is 18.8 Å². The highest BCUT2D eigenvalue weighted by atomic mass is 14.7. The van der Waals surface area contributed by atoms with Crippen LogP contribution in [0, 0.1) is 0 Å². The van der Waals surface area contributed by atoms with Crippen LogP contribution in [-0.2, 0) is 5.41 Å². The van der Waals surface area contributed by atoms with Crippen LogP contribution < -0.4 is 0 Å². The lowest BCUT2D eigenvalue weighted by atomic mass is 9.75. The van der Waals surface area contributed by atoms with Crippen molar-refractivity contribution in [3.63, 3.8) is 0 Å². The topological polar surface area (TPSA) is 12.9 Å². The summed E-state index contributed by atoms with van der Waals surface area (Å²) in [4.78, 5) is 5.23. The smallest absolute Gasteiger partial charge is 0.0719 e. The van der Waals surface area contributed by atoms with Gasteiger partial charge in [0.1, 0.15) is 0 Å². The molecule has 1 aromatic heterocycles. The van der Waals surface area contributed by atoms with Crippen molar-refractivity contribution in [2.75, 3.05) is 0 Å². The first-order chi connectivity index (χ1) is 20.2. The van der Waals surface area contributed by atoms with Crippen molar-refractivity contribution in [1.82, 2.24) is 4.98 Å². The van der Waals surface area contributed by atoms with E-state index in [9.17, 15) is 0 Å². The number of allylic oxidation sites excluding steroid dienone is 4. The number of hydrogen-bond acceptors (Lipinski definition) is 1. The molecule has 6 aromatic carbocycles. The summed E-state index contributed by atoms with van der Waals surface area (Å²) < 4.78 is 0. The maximum atomic E-state index is 5.23. The summed E-state index contributed by atoms with van der Waals surface area (Å²) in [7, 11) is 0. The van der Waals surface area contributed by atoms with Crippen LogP contribution in [0.1, 0.15) is 18.9 Å². The fourth-order valence-electron chi connectivity index (χ4n) is 6.65. The fraction of sp³-hybridized carbons (Fsp3) is 0.0750. The van der Waals surface area contributed by atoms with Gasteiger partial charge in [-0.1, -0.05) is 134 Å². The van der Waals surface area contributed by atoms with Crippen LogP contribution in [0.3, 0.4) is 0 Å². The molecule has 8 rings (SSSR count). The third-order valence-corrected chi connectivity index (χ3v) is 8.83. The lowest BCUT2D eigenvalue weighted by molar-refractivity contribution is 0.605. The Morgan fingerprint density at radius 1 is 0.585 bits per heavy atom. The number of fused-ring (bicyclic) bond motifs is 6. The molecule has 1 heteroatoms. The minimum absolute atomic E-state index is 0.0984. The molecule has 0 aliphatic heterocycles. The van der Waals surface area contributed by atoms with Crippen molar-refractivity contribution < 1.29 is 0 Å². The largest absolute Gasteiger partial charge is 0.248 e. The van der Waals surface area contributed by atoms with Gasteiger partial charge < -0.3 is 0 Å². The Morgan fingerprint density at radius 2 is 1.27 bits per heavy atom. The molecule has 0 bridgehead atoms. The zero-order valence-electron chi connectivity index (χ0n) is 23.0. The lowest BCUT2D eigenvalue weighted by Gasteiger charge is -2.29. The van der Waals surface area contributed by atoms with Gasteiger partial charge in [0.15, 0.2) is 0 Å². The van der Waals surface area contributed by atoms with Gasteiger partial charge in [-0.2, -0.15) is 0 Å². The molecule has 41 heavy (non-hydrogen) atoms. The van der Waals surface area contributed by atoms with E-state index in [-0.39, 0.29) is 5.41 Å². The average Bonchev–Trinajstić information content (AvgIpc) is 3.04. The molecule has 1 atom stereocenters. The highest BCUT2D eigenvalue weighted by Gasteiger charge is 2.27. The third-order valence-electron chi connectivity index (χ3n) is 8.83. The van der Waals surface area contributed by atoms with Gasteiger partial charge in [-0.05, 0) is 73.6 Å². The molecule has 194 valence electrons. The molecule has 0 saturated carbocycles. The molecular formula is C40H29N. The van der Waals surface area contributed by atoms with Gasteiger partial charge in [0.05, 0.1) is 11.2 Å². The van der Waals surface area contributed by atoms with Crippen molar-refractivity contribution in [3.05, 3.63) is 151 Å². The Balaban J connectivity index is 1.30. The van der Waals surface area contributed by atoms with E-state index in [0.717, 1.165) is 23.2 Å². The summed E-state index contributed by atoms with van der Waals surface area (Å²) in [5.41, 5.74) is 6.91. The van der Waals surface area contributed by atoms with Crippen LogP contribution in [0.15, 0.2) is 146 Å². The van der Waals surface area contributed by atoms with Crippen LogP contribution in [0.2, 0.25) is 0 Å². The number of nitrogens with zero attached hydrogens (tertiary/aromatic N) is 1. The van der Waals surface area contributed by atoms with E-state index in [4.69, 9.17) is 4.98 Å². The molecule has 1 unspecified atom stereocenters. The second-order valence-corrected chi connectivity index (χ2v) is 11.4. The Hall–Kier alpha value is -5.01. The molecule has 7 aromatic rings. The molecule has 0 spiro atoms. The normalized spacial score (nSPS) is 16.7. The third kappa shape index (κ3) is 3.89. The standard InChI is InChI=1S/C40H29N/c1-40(23-9-2-10-24-40)36-26-38(41-37-22-21-27-11-3-6-14-32(27)39(36)37)29-19-17-28(18-20-29)35-25-30-12-4-5-13-31(30)33-15-7-8-16-34(33)35/h2-23,25-26H,24H2,1H3. The van der Waals surface area contributed by atoms with Crippen molar-refractivity contribution in [3.8, 4) is 22.4 Å². The highest BCUT2D eigenvalue weighted by molar-refractivity contribution is 6.14. The zero-order valence-corrected chi connectivity index (χ0v) is 23.0. The summed E-state index contributed by atoms with van der Waals surface area (Å²) in [5, 5.41) is 8.91. The number of rotatable bonds is 3. The highest BCUT2D eigenvalue weighted by Crippen LogP contribution is 2.41.